The number of carbonyl (C=O) groups excluding carboxylic acids is 1. The van der Waals surface area contributed by atoms with Gasteiger partial charge in [-0.2, -0.15) is 5.10 Å². The Bertz CT molecular complexity index is 934. The van der Waals surface area contributed by atoms with Crippen molar-refractivity contribution in [1.29, 1.82) is 0 Å². The maximum atomic E-state index is 12.5. The van der Waals surface area contributed by atoms with E-state index in [9.17, 15) is 4.79 Å². The van der Waals surface area contributed by atoms with Crippen LogP contribution in [0.4, 0.5) is 5.69 Å². The average Bonchev–Trinajstić information content (AvgIpc) is 3.15. The number of benzene rings is 2. The lowest BCUT2D eigenvalue weighted by molar-refractivity contribution is -0.0640. The van der Waals surface area contributed by atoms with E-state index in [1.54, 1.807) is 18.2 Å². The molecule has 4 rings (SSSR count). The van der Waals surface area contributed by atoms with Crippen LogP contribution >= 0.6 is 0 Å². The number of rotatable bonds is 3. The molecule has 0 spiro atoms. The fraction of sp³-hybridized carbons (Fsp3) is 0.222. The standard InChI is InChI=1S/C18H17N3O3/c1-3-18(2)23-14-9-8-11(10-15(14)24-18)19-17(22)16-12-6-4-5-7-13(12)20-21-16/h4-10H,3H2,1-2H3,(H,19,22)(H,20,21)/t18-/m0/s1. The molecule has 2 heterocycles. The summed E-state index contributed by atoms with van der Waals surface area (Å²) in [6.45, 7) is 3.89. The molecule has 6 nitrogen and oxygen atoms in total. The largest absolute Gasteiger partial charge is 0.449 e. The van der Waals surface area contributed by atoms with E-state index in [0.29, 0.717) is 22.9 Å². The lowest BCUT2D eigenvalue weighted by atomic mass is 10.2. The van der Waals surface area contributed by atoms with Crippen molar-refractivity contribution in [2.24, 2.45) is 0 Å². The van der Waals surface area contributed by atoms with Crippen molar-refractivity contribution < 1.29 is 14.3 Å². The molecule has 0 saturated heterocycles. The van der Waals surface area contributed by atoms with Gasteiger partial charge in [-0.25, -0.2) is 0 Å². The third-order valence-corrected chi connectivity index (χ3v) is 4.18. The van der Waals surface area contributed by atoms with E-state index < -0.39 is 5.79 Å². The number of nitrogens with one attached hydrogen (secondary N) is 2. The zero-order chi connectivity index (χ0) is 16.7. The molecule has 2 N–H and O–H groups in total. The Kier molecular flexibility index (Phi) is 3.19. The van der Waals surface area contributed by atoms with Gasteiger partial charge in [-0.1, -0.05) is 25.1 Å². The van der Waals surface area contributed by atoms with Gasteiger partial charge in [-0.15, -0.1) is 0 Å². The fourth-order valence-electron chi connectivity index (χ4n) is 2.71. The zero-order valence-electron chi connectivity index (χ0n) is 13.4. The third-order valence-electron chi connectivity index (χ3n) is 4.18. The Labute approximate surface area is 138 Å². The second-order valence-corrected chi connectivity index (χ2v) is 5.92. The number of ether oxygens (including phenoxy) is 2. The average molecular weight is 323 g/mol. The normalized spacial score (nSPS) is 18.8. The Hall–Kier alpha value is -3.02. The molecular formula is C18H17N3O3. The van der Waals surface area contributed by atoms with Gasteiger partial charge >= 0.3 is 0 Å². The Morgan fingerprint density at radius 1 is 1.21 bits per heavy atom. The lowest BCUT2D eigenvalue weighted by Crippen LogP contribution is -2.33. The number of H-pyrrole nitrogens is 1. The van der Waals surface area contributed by atoms with Gasteiger partial charge in [-0.3, -0.25) is 9.89 Å². The summed E-state index contributed by atoms with van der Waals surface area (Å²) in [5, 5.41) is 10.6. The van der Waals surface area contributed by atoms with Crippen molar-refractivity contribution in [2.45, 2.75) is 26.1 Å². The first-order valence-electron chi connectivity index (χ1n) is 7.84. The number of nitrogens with zero attached hydrogens (tertiary/aromatic N) is 1. The Morgan fingerprint density at radius 2 is 2.00 bits per heavy atom. The van der Waals surface area contributed by atoms with E-state index in [-0.39, 0.29) is 5.91 Å². The molecule has 0 fully saturated rings. The minimum atomic E-state index is -0.649. The number of para-hydroxylation sites is 1. The summed E-state index contributed by atoms with van der Waals surface area (Å²) in [7, 11) is 0. The Balaban J connectivity index is 1.59. The topological polar surface area (TPSA) is 76.2 Å². The quantitative estimate of drug-likeness (QED) is 0.770. The summed E-state index contributed by atoms with van der Waals surface area (Å²) in [5.74, 6) is 0.389. The molecule has 0 radical (unpaired) electrons. The summed E-state index contributed by atoms with van der Waals surface area (Å²) in [6.07, 6.45) is 0.725. The number of hydrogen-bond donors (Lipinski definition) is 2. The van der Waals surface area contributed by atoms with Gasteiger partial charge in [0.25, 0.3) is 5.91 Å². The predicted octanol–water partition coefficient (Wildman–Crippen LogP) is 3.71. The van der Waals surface area contributed by atoms with Gasteiger partial charge in [-0.05, 0) is 18.2 Å². The summed E-state index contributed by atoms with van der Waals surface area (Å²) >= 11 is 0. The van der Waals surface area contributed by atoms with Gasteiger partial charge in [0.15, 0.2) is 17.2 Å². The van der Waals surface area contributed by atoms with Crippen molar-refractivity contribution in [3.8, 4) is 11.5 Å². The molecular weight excluding hydrogens is 306 g/mol. The number of carbonyl (C=O) groups is 1. The second kappa shape index (κ2) is 5.26. The zero-order valence-corrected chi connectivity index (χ0v) is 13.4. The molecule has 1 amide bonds. The SMILES string of the molecule is CC[C@@]1(C)Oc2ccc(NC(=O)c3n[nH]c4ccccc34)cc2O1. The molecule has 1 atom stereocenters. The van der Waals surface area contributed by atoms with Crippen LogP contribution in [0.15, 0.2) is 42.5 Å². The van der Waals surface area contributed by atoms with Gasteiger partial charge in [0, 0.05) is 30.5 Å². The first-order chi connectivity index (χ1) is 11.6. The monoisotopic (exact) mass is 323 g/mol. The third kappa shape index (κ3) is 2.36. The maximum absolute atomic E-state index is 12.5. The summed E-state index contributed by atoms with van der Waals surface area (Å²) in [4.78, 5) is 12.5. The van der Waals surface area contributed by atoms with Crippen LogP contribution in [0.25, 0.3) is 10.9 Å². The number of aromatic amines is 1. The highest BCUT2D eigenvalue weighted by molar-refractivity contribution is 6.11. The van der Waals surface area contributed by atoms with Crippen LogP contribution in [0.2, 0.25) is 0 Å². The molecule has 1 aliphatic rings. The van der Waals surface area contributed by atoms with E-state index in [0.717, 1.165) is 17.3 Å². The lowest BCUT2D eigenvalue weighted by Gasteiger charge is -2.20. The van der Waals surface area contributed by atoms with E-state index in [4.69, 9.17) is 9.47 Å². The molecule has 0 bridgehead atoms. The van der Waals surface area contributed by atoms with Crippen molar-refractivity contribution in [3.63, 3.8) is 0 Å². The van der Waals surface area contributed by atoms with Gasteiger partial charge in [0.05, 0.1) is 5.52 Å². The van der Waals surface area contributed by atoms with Gasteiger partial charge in [0.2, 0.25) is 5.79 Å². The first-order valence-corrected chi connectivity index (χ1v) is 7.84. The van der Waals surface area contributed by atoms with E-state index >= 15 is 0 Å². The van der Waals surface area contributed by atoms with Crippen LogP contribution < -0.4 is 14.8 Å². The minimum Gasteiger partial charge on any atom is -0.449 e. The van der Waals surface area contributed by atoms with Crippen molar-refractivity contribution in [1.82, 2.24) is 10.2 Å². The van der Waals surface area contributed by atoms with E-state index in [1.807, 2.05) is 38.1 Å². The minimum absolute atomic E-state index is 0.274. The van der Waals surface area contributed by atoms with Crippen molar-refractivity contribution in [3.05, 3.63) is 48.2 Å². The molecule has 2 aromatic carbocycles. The van der Waals surface area contributed by atoms with Crippen LogP contribution in [0, 0.1) is 0 Å². The number of fused-ring (bicyclic) bond motifs is 2. The predicted molar refractivity (Wildman–Crippen MR) is 90.4 cm³/mol. The molecule has 0 saturated carbocycles. The Morgan fingerprint density at radius 3 is 2.83 bits per heavy atom. The van der Waals surface area contributed by atoms with E-state index in [2.05, 4.69) is 15.5 Å². The molecule has 6 heteroatoms. The smallest absolute Gasteiger partial charge is 0.276 e. The number of aromatic nitrogens is 2. The molecule has 1 aliphatic heterocycles. The van der Waals surface area contributed by atoms with Crippen LogP contribution in [0.5, 0.6) is 11.5 Å². The first kappa shape index (κ1) is 14.6. The van der Waals surface area contributed by atoms with Crippen molar-refractivity contribution in [2.75, 3.05) is 5.32 Å². The van der Waals surface area contributed by atoms with Crippen LogP contribution in [0.1, 0.15) is 30.8 Å². The highest BCUT2D eigenvalue weighted by Crippen LogP contribution is 2.42. The summed E-state index contributed by atoms with van der Waals surface area (Å²) in [6, 6.07) is 12.9. The van der Waals surface area contributed by atoms with E-state index in [1.165, 1.54) is 0 Å². The second-order valence-electron chi connectivity index (χ2n) is 5.92. The van der Waals surface area contributed by atoms with Crippen LogP contribution in [0.3, 0.4) is 0 Å². The van der Waals surface area contributed by atoms with Gasteiger partial charge < -0.3 is 14.8 Å². The van der Waals surface area contributed by atoms with Crippen LogP contribution in [-0.2, 0) is 0 Å². The highest BCUT2D eigenvalue weighted by Gasteiger charge is 2.35. The maximum Gasteiger partial charge on any atom is 0.276 e. The van der Waals surface area contributed by atoms with Crippen LogP contribution in [-0.4, -0.2) is 21.9 Å². The highest BCUT2D eigenvalue weighted by atomic mass is 16.7. The number of anilines is 1. The summed E-state index contributed by atoms with van der Waals surface area (Å²) < 4.78 is 11.6. The molecule has 24 heavy (non-hydrogen) atoms. The molecule has 0 unspecified atom stereocenters. The number of amides is 1. The molecule has 0 aliphatic carbocycles. The van der Waals surface area contributed by atoms with Crippen molar-refractivity contribution >= 4 is 22.5 Å². The number of hydrogen-bond acceptors (Lipinski definition) is 4. The molecule has 3 aromatic rings. The molecule has 122 valence electrons. The van der Waals surface area contributed by atoms with Gasteiger partial charge in [0.1, 0.15) is 0 Å². The summed E-state index contributed by atoms with van der Waals surface area (Å²) in [5.41, 5.74) is 1.82. The molecule has 1 aromatic heterocycles. The fourth-order valence-corrected chi connectivity index (χ4v) is 2.71.